The molecule has 0 rings (SSSR count). The van der Waals surface area contributed by atoms with Gasteiger partial charge in [0.15, 0.2) is 0 Å². The molecule has 0 unspecified atom stereocenters. The molecule has 0 bridgehead atoms. The normalized spacial score (nSPS) is 23.6. The third-order valence-electron chi connectivity index (χ3n) is 21.5. The Labute approximate surface area is 740 Å². The van der Waals surface area contributed by atoms with Crippen LogP contribution in [0, 0.1) is 0 Å². The van der Waals surface area contributed by atoms with E-state index >= 15 is 0 Å². The second-order valence-corrected chi connectivity index (χ2v) is 829. The molecule has 0 aromatic carbocycles. The van der Waals surface area contributed by atoms with Gasteiger partial charge in [0.05, 0.1) is 0 Å². The molecule has 0 amide bonds. The van der Waals surface area contributed by atoms with E-state index in [1.165, 1.54) is 0 Å². The fraction of sp³-hybridized carbons (Fsp3) is 0. The molecule has 0 aliphatic carbocycles. The summed E-state index contributed by atoms with van der Waals surface area (Å²) < 4.78 is 0. The summed E-state index contributed by atoms with van der Waals surface area (Å²) in [6.07, 6.45) is 0. The molecule has 0 saturated carbocycles. The molecule has 0 atom stereocenters. The third kappa shape index (κ3) is 105. The standard InChI is InChI=1S/H178Si88/c1-3-5-7-9-11-13-15-17-19-21-23-25-27-29-31-33-35-37-39-41-43-45-47-49-51-53-55-57-59-61-63-65-67-69-71-73-75-77-79-81-83-85-87-88-86-84-82-80-78-76-74-72-70-68-66-64-62-60-58-56-54-52-50-48-46-44-42-40-38-36-34-32-30-28-26-24-22-20-18-16-14-12-10-8-6-4-2/h3-88H2,1-2H3. The zero-order valence-electron chi connectivity index (χ0n) is 62.8. The monoisotopic (exact) mass is 2640 g/mol. The maximum Gasteiger partial charge on any atom is -0.00934 e. The second-order valence-electron chi connectivity index (χ2n) is 30.7. The fourth-order valence-corrected chi connectivity index (χ4v) is 3640. The molecule has 88 heteroatoms. The van der Waals surface area contributed by atoms with Gasteiger partial charge in [-0.3, -0.25) is 0 Å². The highest BCUT2D eigenvalue weighted by molar-refractivity contribution is 7.83. The summed E-state index contributed by atoms with van der Waals surface area (Å²) >= 11 is 0. The highest BCUT2D eigenvalue weighted by Gasteiger charge is 2.07. The van der Waals surface area contributed by atoms with E-state index in [1.54, 1.807) is 19.5 Å². The molecular formula is H178Si88. The molecule has 0 heterocycles. The van der Waals surface area contributed by atoms with Crippen LogP contribution in [-0.4, -0.2) is 755 Å². The zero-order chi connectivity index (χ0) is 62.8. The quantitative estimate of drug-likeness (QED) is 0.0421. The molecule has 0 fully saturated rings. The summed E-state index contributed by atoms with van der Waals surface area (Å²) in [5.41, 5.74) is 0. The van der Waals surface area contributed by atoms with Crippen molar-refractivity contribution in [3.8, 4) is 0 Å². The van der Waals surface area contributed by atoms with Crippen LogP contribution in [0.5, 0.6) is 0 Å². The summed E-state index contributed by atoms with van der Waals surface area (Å²) in [6, 6.07) is 0. The predicted molar refractivity (Wildman–Crippen MR) is 755 cm³/mol. The molecule has 0 aliphatic rings. The zero-order valence-corrected chi connectivity index (χ0v) is 188. The Balaban J connectivity index is 3.08. The second kappa shape index (κ2) is 106. The van der Waals surface area contributed by atoms with Gasteiger partial charge in [0.1, 0.15) is 0 Å². The molecule has 0 saturated heterocycles. The predicted octanol–water partition coefficient (Wildman–Crippen LogP) is -81.2. The molecule has 0 radical (unpaired) electrons. The highest BCUT2D eigenvalue weighted by Crippen LogP contribution is 1.70. The lowest BCUT2D eigenvalue weighted by molar-refractivity contribution is 3.76. The first-order chi connectivity index (χ1) is 43.9. The van der Waals surface area contributed by atoms with Gasteiger partial charge >= 0.3 is 0 Å². The van der Waals surface area contributed by atoms with Gasteiger partial charge in [-0.1, -0.05) is 0 Å². The Bertz CT molecular complexity index is 1020. The Morgan fingerprint density at radius 3 is 0.125 bits per heavy atom. The van der Waals surface area contributed by atoms with E-state index in [4.69, 9.17) is 0 Å². The van der Waals surface area contributed by atoms with Gasteiger partial charge in [0.2, 0.25) is 0 Å². The highest BCUT2D eigenvalue weighted by atomic mass is 30.2. The van der Waals surface area contributed by atoms with Crippen LogP contribution in [0.2, 0.25) is 0 Å². The van der Waals surface area contributed by atoms with Crippen LogP contribution in [0.4, 0.5) is 0 Å². The molecule has 0 aromatic heterocycles. The van der Waals surface area contributed by atoms with Crippen molar-refractivity contribution < 1.29 is 0 Å². The van der Waals surface area contributed by atoms with Crippen molar-refractivity contribution in [2.75, 3.05) is 0 Å². The van der Waals surface area contributed by atoms with E-state index in [1.807, 2.05) is 0 Å². The average Bonchev–Trinajstić information content (AvgIpc) is 3.54. The maximum absolute atomic E-state index is 1.76. The van der Waals surface area contributed by atoms with Crippen molar-refractivity contribution >= 4 is 755 Å². The van der Waals surface area contributed by atoms with Crippen LogP contribution in [0.1, 0.15) is 0 Å². The Morgan fingerprint density at radius 2 is 0.0909 bits per heavy atom. The lowest BCUT2D eigenvalue weighted by Crippen LogP contribution is -2.38. The molecule has 0 spiro atoms. The lowest BCUT2D eigenvalue weighted by atomic mass is 26.1. The summed E-state index contributed by atoms with van der Waals surface area (Å²) in [4.78, 5) is 0. The van der Waals surface area contributed by atoms with Crippen LogP contribution in [-0.2, 0) is 0 Å². The van der Waals surface area contributed by atoms with Gasteiger partial charge in [-0.2, -0.15) is 0 Å². The molecule has 530 valence electrons. The summed E-state index contributed by atoms with van der Waals surface area (Å²) in [5.74, 6) is 0. The van der Waals surface area contributed by atoms with E-state index in [-0.39, 0.29) is 0 Å². The SMILES string of the molecule is [SiH3][SiH2][SiH2][SiH2][SiH2][SiH2][SiH2][SiH2][SiH2][SiH2][SiH2][SiH2][SiH2][SiH2][SiH2][SiH2][SiH2][SiH2][SiH2][SiH2][SiH2][SiH2][SiH2][SiH2][SiH2][SiH2][SiH2][SiH2][SiH2][SiH2][SiH2][SiH2][SiH2][SiH2][SiH2][SiH2][SiH2][SiH2][SiH2][SiH2][SiH2][SiH2][SiH2][SiH2][SiH2][SiH2][SiH2][SiH2][SiH2][SiH2][SiH2][SiH2][SiH2][SiH2][SiH2][SiH2][SiH2][SiH2][SiH2][SiH2][SiH2][SiH2][SiH2][SiH2][SiH2][SiH2][SiH2][SiH2][SiH2][SiH2][SiH2][SiH2][SiH2][SiH2][SiH2][SiH2][SiH2][SiH2][SiH2][SiH2][SiH2][SiH2][SiH2][SiH2][SiH2][SiH2][SiH2][SiH3]. The summed E-state index contributed by atoms with van der Waals surface area (Å²) in [6.45, 7) is 0. The largest absolute Gasteiger partial charge is 0.0120 e. The Morgan fingerprint density at radius 1 is 0.0568 bits per heavy atom. The van der Waals surface area contributed by atoms with Gasteiger partial charge in [0, 0.05) is 0 Å². The van der Waals surface area contributed by atoms with Gasteiger partial charge in [0.25, 0.3) is 0 Å². The van der Waals surface area contributed by atoms with Crippen LogP contribution in [0.3, 0.4) is 0 Å². The minimum Gasteiger partial charge on any atom is -0.0120 e. The molecular weight excluding hydrogens is 2470 g/mol. The van der Waals surface area contributed by atoms with Crippen molar-refractivity contribution in [3.05, 3.63) is 0 Å². The van der Waals surface area contributed by atoms with Crippen LogP contribution in [0.15, 0.2) is 0 Å². The maximum atomic E-state index is 1.76. The molecule has 0 aliphatic heterocycles. The first-order valence-corrected chi connectivity index (χ1v) is 395. The van der Waals surface area contributed by atoms with E-state index in [9.17, 15) is 0 Å². The molecule has 0 nitrogen and oxygen atoms in total. The molecule has 88 heavy (non-hydrogen) atoms. The van der Waals surface area contributed by atoms with Gasteiger partial charge in [-0.05, 0) is 755 Å². The van der Waals surface area contributed by atoms with Crippen molar-refractivity contribution in [2.45, 2.75) is 0 Å². The van der Waals surface area contributed by atoms with E-state index in [2.05, 4.69) is 0 Å². The molecule has 0 aromatic rings. The summed E-state index contributed by atoms with van der Waals surface area (Å²) in [7, 11) is 84.1. The van der Waals surface area contributed by atoms with Crippen molar-refractivity contribution in [3.63, 3.8) is 0 Å². The minimum absolute atomic E-state index is 0.819. The first kappa shape index (κ1) is 107. The van der Waals surface area contributed by atoms with Gasteiger partial charge < -0.3 is 0 Å². The number of rotatable bonds is 85. The van der Waals surface area contributed by atoms with E-state index in [0.717, 1.165) is 736 Å². The lowest BCUT2D eigenvalue weighted by Gasteiger charge is -2.01. The fourth-order valence-electron chi connectivity index (χ4n) is 15.0. The van der Waals surface area contributed by atoms with E-state index < -0.39 is 0 Å². The smallest absolute Gasteiger partial charge is 0.00934 e. The van der Waals surface area contributed by atoms with E-state index in [0.29, 0.717) is 0 Å². The minimum atomic E-state index is 0.819. The summed E-state index contributed by atoms with van der Waals surface area (Å²) in [5, 5.41) is 0. The first-order valence-electron chi connectivity index (χ1n) is 43.9. The van der Waals surface area contributed by atoms with Crippen molar-refractivity contribution in [2.24, 2.45) is 0 Å². The molecule has 0 N–H and O–H groups in total. The van der Waals surface area contributed by atoms with Crippen molar-refractivity contribution in [1.82, 2.24) is 0 Å². The Hall–Kier alpha value is 19.1. The number of hydrogen-bond acceptors (Lipinski definition) is 0. The number of hydrogen-bond donors (Lipinski definition) is 0. The van der Waals surface area contributed by atoms with Crippen molar-refractivity contribution in [1.29, 1.82) is 0 Å². The van der Waals surface area contributed by atoms with Crippen LogP contribution >= 0.6 is 0 Å². The average molecular weight is 2650 g/mol. The topological polar surface area (TPSA) is 0 Å². The van der Waals surface area contributed by atoms with Gasteiger partial charge in [-0.25, -0.2) is 0 Å². The van der Waals surface area contributed by atoms with Crippen LogP contribution < -0.4 is 0 Å². The van der Waals surface area contributed by atoms with Crippen LogP contribution in [0.25, 0.3) is 0 Å². The Kier molecular flexibility index (Phi) is 129. The third-order valence-corrected chi connectivity index (χ3v) is 1740. The van der Waals surface area contributed by atoms with Gasteiger partial charge in [-0.15, -0.1) is 0 Å².